The van der Waals surface area contributed by atoms with E-state index in [0.717, 1.165) is 65.9 Å². The first kappa shape index (κ1) is 24.8. The van der Waals surface area contributed by atoms with E-state index in [1.54, 1.807) is 24.3 Å². The second-order valence-electron chi connectivity index (χ2n) is 11.1. The zero-order valence-electron chi connectivity index (χ0n) is 21.9. The van der Waals surface area contributed by atoms with E-state index in [4.69, 9.17) is 9.47 Å². The normalized spacial score (nSPS) is 22.2. The minimum atomic E-state index is -0.506. The number of likely N-dealkylation sites (tertiary alicyclic amines) is 1. The van der Waals surface area contributed by atoms with Crippen molar-refractivity contribution < 1.29 is 24.1 Å². The molecule has 3 atom stereocenters. The van der Waals surface area contributed by atoms with E-state index in [9.17, 15) is 14.6 Å². The number of phenolic OH excluding ortho intramolecular Hbond substituents is 2. The molecule has 1 saturated carbocycles. The molecular weight excluding hydrogens is 481 g/mol. The molecule has 6 heteroatoms. The van der Waals surface area contributed by atoms with Gasteiger partial charge in [-0.25, -0.2) is 4.39 Å². The van der Waals surface area contributed by atoms with Crippen LogP contribution in [0.4, 0.5) is 4.39 Å². The van der Waals surface area contributed by atoms with Crippen molar-refractivity contribution in [1.29, 1.82) is 0 Å². The Morgan fingerprint density at radius 1 is 0.974 bits per heavy atom. The van der Waals surface area contributed by atoms with Crippen molar-refractivity contribution in [2.45, 2.75) is 45.3 Å². The first-order valence-electron chi connectivity index (χ1n) is 13.6. The Hall–Kier alpha value is -3.51. The summed E-state index contributed by atoms with van der Waals surface area (Å²) in [5.41, 5.74) is 4.19. The fourth-order valence-electron chi connectivity index (χ4n) is 5.82. The van der Waals surface area contributed by atoms with Crippen LogP contribution in [-0.2, 0) is 0 Å². The van der Waals surface area contributed by atoms with Gasteiger partial charge in [0.15, 0.2) is 0 Å². The first-order chi connectivity index (χ1) is 18.4. The monoisotopic (exact) mass is 515 g/mol. The lowest BCUT2D eigenvalue weighted by Gasteiger charge is -2.32. The van der Waals surface area contributed by atoms with Crippen molar-refractivity contribution in [2.75, 3.05) is 19.7 Å². The first-order valence-corrected chi connectivity index (χ1v) is 13.6. The van der Waals surface area contributed by atoms with E-state index < -0.39 is 11.9 Å². The average molecular weight is 516 g/mol. The van der Waals surface area contributed by atoms with Gasteiger partial charge in [-0.15, -0.1) is 0 Å². The third kappa shape index (κ3) is 4.97. The maximum absolute atomic E-state index is 14.5. The third-order valence-electron chi connectivity index (χ3n) is 7.98. The smallest absolute Gasteiger partial charge is 0.150 e. The van der Waals surface area contributed by atoms with Crippen LogP contribution in [0.1, 0.15) is 55.9 Å². The molecule has 3 aliphatic rings. The molecule has 1 unspecified atom stereocenters. The fraction of sp³-hybridized carbons (Fsp3) is 0.375. The summed E-state index contributed by atoms with van der Waals surface area (Å²) in [5.74, 6) is 2.04. The van der Waals surface area contributed by atoms with Gasteiger partial charge >= 0.3 is 0 Å². The SMILES string of the molecule is C[C@@H]1CCN([C@@H](C)COc2ccc(C3Oc4ccc(O)cc4C(C4CC4)=C3c3cc(O)cc(F)c3)cc2)C1. The molecule has 6 rings (SSSR count). The lowest BCUT2D eigenvalue weighted by atomic mass is 9.83. The van der Waals surface area contributed by atoms with E-state index >= 15 is 0 Å². The van der Waals surface area contributed by atoms with Crippen molar-refractivity contribution in [3.63, 3.8) is 0 Å². The number of ether oxygens (including phenoxy) is 2. The van der Waals surface area contributed by atoms with Gasteiger partial charge in [0.2, 0.25) is 0 Å². The van der Waals surface area contributed by atoms with Gasteiger partial charge in [0.25, 0.3) is 0 Å². The molecule has 2 aliphatic heterocycles. The van der Waals surface area contributed by atoms with Gasteiger partial charge in [0.05, 0.1) is 0 Å². The highest BCUT2D eigenvalue weighted by Gasteiger charge is 2.39. The van der Waals surface area contributed by atoms with Gasteiger partial charge in [-0.2, -0.15) is 0 Å². The average Bonchev–Trinajstić information content (AvgIpc) is 3.64. The second kappa shape index (κ2) is 9.99. The quantitative estimate of drug-likeness (QED) is 0.362. The Kier molecular flexibility index (Phi) is 6.52. The van der Waals surface area contributed by atoms with Crippen molar-refractivity contribution in [2.24, 2.45) is 11.8 Å². The minimum Gasteiger partial charge on any atom is -0.508 e. The number of aromatic hydroxyl groups is 2. The Morgan fingerprint density at radius 2 is 1.76 bits per heavy atom. The summed E-state index contributed by atoms with van der Waals surface area (Å²) in [6.45, 7) is 7.38. The number of rotatable bonds is 7. The molecule has 0 aromatic heterocycles. The van der Waals surface area contributed by atoms with Crippen LogP contribution in [0.15, 0.2) is 60.7 Å². The highest BCUT2D eigenvalue weighted by Crippen LogP contribution is 2.55. The third-order valence-corrected chi connectivity index (χ3v) is 7.98. The van der Waals surface area contributed by atoms with E-state index in [2.05, 4.69) is 18.7 Å². The van der Waals surface area contributed by atoms with Crippen LogP contribution in [-0.4, -0.2) is 40.9 Å². The zero-order valence-corrected chi connectivity index (χ0v) is 21.9. The van der Waals surface area contributed by atoms with E-state index in [0.29, 0.717) is 29.9 Å². The maximum Gasteiger partial charge on any atom is 0.150 e. The molecule has 3 aromatic carbocycles. The van der Waals surface area contributed by atoms with Crippen LogP contribution in [0.25, 0.3) is 11.1 Å². The van der Waals surface area contributed by atoms with Crippen molar-refractivity contribution in [3.8, 4) is 23.0 Å². The molecule has 3 aromatic rings. The largest absolute Gasteiger partial charge is 0.508 e. The molecule has 0 amide bonds. The molecule has 1 aliphatic carbocycles. The molecule has 5 nitrogen and oxygen atoms in total. The summed E-state index contributed by atoms with van der Waals surface area (Å²) >= 11 is 0. The second-order valence-corrected chi connectivity index (χ2v) is 11.1. The number of hydrogen-bond donors (Lipinski definition) is 2. The summed E-state index contributed by atoms with van der Waals surface area (Å²) < 4.78 is 27.1. The number of benzene rings is 3. The van der Waals surface area contributed by atoms with Crippen LogP contribution in [0.5, 0.6) is 23.0 Å². The predicted octanol–water partition coefficient (Wildman–Crippen LogP) is 6.80. The summed E-state index contributed by atoms with van der Waals surface area (Å²) in [6.07, 6.45) is 2.78. The number of fused-ring (bicyclic) bond motifs is 1. The molecule has 38 heavy (non-hydrogen) atoms. The van der Waals surface area contributed by atoms with Crippen molar-refractivity contribution in [3.05, 3.63) is 83.2 Å². The Balaban J connectivity index is 1.33. The molecule has 2 heterocycles. The number of allylic oxidation sites excluding steroid dienone is 1. The zero-order chi connectivity index (χ0) is 26.4. The van der Waals surface area contributed by atoms with Crippen LogP contribution in [0, 0.1) is 17.7 Å². The van der Waals surface area contributed by atoms with Gasteiger partial charge in [0, 0.05) is 29.8 Å². The van der Waals surface area contributed by atoms with Gasteiger partial charge in [-0.1, -0.05) is 19.1 Å². The van der Waals surface area contributed by atoms with Gasteiger partial charge in [-0.3, -0.25) is 4.90 Å². The van der Waals surface area contributed by atoms with Gasteiger partial charge in [-0.05, 0) is 104 Å². The minimum absolute atomic E-state index is 0.131. The van der Waals surface area contributed by atoms with E-state index in [-0.39, 0.29) is 11.5 Å². The maximum atomic E-state index is 14.5. The summed E-state index contributed by atoms with van der Waals surface area (Å²) in [7, 11) is 0. The highest BCUT2D eigenvalue weighted by molar-refractivity contribution is 5.98. The molecule has 0 radical (unpaired) electrons. The number of hydrogen-bond acceptors (Lipinski definition) is 5. The van der Waals surface area contributed by atoms with Gasteiger partial charge < -0.3 is 19.7 Å². The van der Waals surface area contributed by atoms with Crippen molar-refractivity contribution in [1.82, 2.24) is 4.90 Å². The molecule has 2 fully saturated rings. The van der Waals surface area contributed by atoms with Crippen LogP contribution >= 0.6 is 0 Å². The summed E-state index contributed by atoms with van der Waals surface area (Å²) in [6, 6.07) is 17.5. The lowest BCUT2D eigenvalue weighted by Crippen LogP contribution is -2.35. The van der Waals surface area contributed by atoms with Crippen LogP contribution in [0.3, 0.4) is 0 Å². The lowest BCUT2D eigenvalue weighted by molar-refractivity contribution is 0.169. The summed E-state index contributed by atoms with van der Waals surface area (Å²) in [4.78, 5) is 2.48. The van der Waals surface area contributed by atoms with Gasteiger partial charge in [0.1, 0.15) is 41.5 Å². The molecule has 0 bridgehead atoms. The Labute approximate surface area is 223 Å². The van der Waals surface area contributed by atoms with Crippen molar-refractivity contribution >= 4 is 11.1 Å². The number of nitrogens with zero attached hydrogens (tertiary/aromatic N) is 1. The number of phenols is 2. The topological polar surface area (TPSA) is 62.2 Å². The Bertz CT molecular complexity index is 1340. The van der Waals surface area contributed by atoms with E-state index in [1.807, 2.05) is 24.3 Å². The number of halogens is 1. The van der Waals surface area contributed by atoms with Crippen LogP contribution < -0.4 is 9.47 Å². The molecule has 1 saturated heterocycles. The Morgan fingerprint density at radius 3 is 2.45 bits per heavy atom. The summed E-state index contributed by atoms with van der Waals surface area (Å²) in [5, 5.41) is 20.5. The molecule has 0 spiro atoms. The molecular formula is C32H34FNO4. The fourth-order valence-corrected chi connectivity index (χ4v) is 5.82. The standard InChI is InChI=1S/C32H34FNO4/c1-19-11-12-34(17-19)20(2)18-37-27-8-5-22(6-9-27)32-31(23-13-24(33)15-26(36)14-23)30(21-3-4-21)28-16-25(35)7-10-29(28)38-32/h5-10,13-16,19-21,32,35-36H,3-4,11-12,17-18H2,1-2H3/t19-,20+,32?/m1/s1. The molecule has 198 valence electrons. The van der Waals surface area contributed by atoms with Crippen LogP contribution in [0.2, 0.25) is 0 Å². The van der Waals surface area contributed by atoms with E-state index in [1.165, 1.54) is 12.5 Å². The highest BCUT2D eigenvalue weighted by atomic mass is 19.1. The molecule has 2 N–H and O–H groups in total. The predicted molar refractivity (Wildman–Crippen MR) is 146 cm³/mol.